The van der Waals surface area contributed by atoms with E-state index in [4.69, 9.17) is 15.7 Å². The number of hydrogen-bond acceptors (Lipinski definition) is 3. The van der Waals surface area contributed by atoms with Gasteiger partial charge in [-0.2, -0.15) is 5.26 Å². The Bertz CT molecular complexity index is 813. The number of hydrogen-bond donors (Lipinski definition) is 1. The summed E-state index contributed by atoms with van der Waals surface area (Å²) in [6.07, 6.45) is 0. The van der Waals surface area contributed by atoms with Crippen LogP contribution in [0, 0.1) is 11.3 Å². The largest absolute Gasteiger partial charge is 0.457 e. The van der Waals surface area contributed by atoms with E-state index in [2.05, 4.69) is 0 Å². The Balaban J connectivity index is 2.02. The average Bonchev–Trinajstić information content (AvgIpc) is 2.48. The molecule has 0 aliphatic rings. The Hall–Kier alpha value is -2.99. The molecule has 3 rings (SSSR count). The van der Waals surface area contributed by atoms with Crippen molar-refractivity contribution in [2.75, 3.05) is 5.73 Å². The highest BCUT2D eigenvalue weighted by atomic mass is 16.5. The van der Waals surface area contributed by atoms with Gasteiger partial charge >= 0.3 is 0 Å². The fraction of sp³-hybridized carbons (Fsp3) is 0. The molecule has 3 aromatic rings. The highest BCUT2D eigenvalue weighted by Gasteiger charge is 2.05. The first-order valence-electron chi connectivity index (χ1n) is 6.23. The van der Waals surface area contributed by atoms with E-state index in [1.807, 2.05) is 48.5 Å². The molecule has 3 heteroatoms. The molecule has 0 bridgehead atoms. The summed E-state index contributed by atoms with van der Waals surface area (Å²) in [4.78, 5) is 0. The first kappa shape index (κ1) is 12.1. The molecule has 20 heavy (non-hydrogen) atoms. The standard InChI is InChI=1S/C17H12N2O/c18-11-13-8-9-14(10-16(13)19)20-17-7-3-5-12-4-1-2-6-15(12)17/h1-10H,19H2. The van der Waals surface area contributed by atoms with Crippen molar-refractivity contribution in [3.8, 4) is 17.6 Å². The molecule has 0 unspecified atom stereocenters. The number of nitrogen functional groups attached to an aromatic ring is 1. The summed E-state index contributed by atoms with van der Waals surface area (Å²) in [5.74, 6) is 1.39. The molecule has 0 heterocycles. The second kappa shape index (κ2) is 4.94. The molecule has 0 aromatic heterocycles. The van der Waals surface area contributed by atoms with Crippen LogP contribution in [-0.2, 0) is 0 Å². The van der Waals surface area contributed by atoms with Crippen LogP contribution in [0.25, 0.3) is 10.8 Å². The Labute approximate surface area is 116 Å². The number of nitrogens with two attached hydrogens (primary N) is 1. The molecule has 0 aliphatic heterocycles. The number of ether oxygens (including phenoxy) is 1. The van der Waals surface area contributed by atoms with Crippen LogP contribution in [0.3, 0.4) is 0 Å². The molecule has 0 saturated heterocycles. The predicted molar refractivity (Wildman–Crippen MR) is 79.6 cm³/mol. The number of rotatable bonds is 2. The molecule has 0 amide bonds. The van der Waals surface area contributed by atoms with Gasteiger partial charge < -0.3 is 10.5 Å². The second-order valence-electron chi connectivity index (χ2n) is 4.44. The lowest BCUT2D eigenvalue weighted by Crippen LogP contribution is -1.92. The van der Waals surface area contributed by atoms with E-state index < -0.39 is 0 Å². The third-order valence-corrected chi connectivity index (χ3v) is 3.12. The predicted octanol–water partition coefficient (Wildman–Crippen LogP) is 4.09. The molecular formula is C17H12N2O. The molecule has 0 saturated carbocycles. The van der Waals surface area contributed by atoms with E-state index in [0.717, 1.165) is 16.5 Å². The van der Waals surface area contributed by atoms with Gasteiger partial charge in [-0.25, -0.2) is 0 Å². The summed E-state index contributed by atoms with van der Waals surface area (Å²) >= 11 is 0. The smallest absolute Gasteiger partial charge is 0.135 e. The van der Waals surface area contributed by atoms with Gasteiger partial charge in [0.1, 0.15) is 17.6 Å². The summed E-state index contributed by atoms with van der Waals surface area (Å²) in [6.45, 7) is 0. The van der Waals surface area contributed by atoms with Crippen LogP contribution in [-0.4, -0.2) is 0 Å². The van der Waals surface area contributed by atoms with Gasteiger partial charge in [0.15, 0.2) is 0 Å². The Kier molecular flexibility index (Phi) is 2.98. The SMILES string of the molecule is N#Cc1ccc(Oc2cccc3ccccc23)cc1N. The molecular weight excluding hydrogens is 248 g/mol. The molecule has 2 N–H and O–H groups in total. The maximum Gasteiger partial charge on any atom is 0.135 e. The first-order chi connectivity index (χ1) is 9.78. The van der Waals surface area contributed by atoms with Crippen molar-refractivity contribution in [2.24, 2.45) is 0 Å². The topological polar surface area (TPSA) is 59.0 Å². The highest BCUT2D eigenvalue weighted by molar-refractivity contribution is 5.88. The minimum absolute atomic E-state index is 0.422. The van der Waals surface area contributed by atoms with E-state index in [0.29, 0.717) is 17.0 Å². The molecule has 0 atom stereocenters. The second-order valence-corrected chi connectivity index (χ2v) is 4.44. The normalized spacial score (nSPS) is 10.2. The van der Waals surface area contributed by atoms with Crippen LogP contribution in [0.1, 0.15) is 5.56 Å². The Morgan fingerprint density at radius 2 is 1.75 bits per heavy atom. The summed E-state index contributed by atoms with van der Waals surface area (Å²) in [5, 5.41) is 11.0. The summed E-state index contributed by atoms with van der Waals surface area (Å²) in [6, 6.07) is 21.0. The average molecular weight is 260 g/mol. The summed E-state index contributed by atoms with van der Waals surface area (Å²) in [5.41, 5.74) is 6.67. The quantitative estimate of drug-likeness (QED) is 0.706. The van der Waals surface area contributed by atoms with Crippen molar-refractivity contribution in [1.29, 1.82) is 5.26 Å². The molecule has 0 radical (unpaired) electrons. The number of nitriles is 1. The zero-order valence-corrected chi connectivity index (χ0v) is 10.7. The molecule has 3 aromatic carbocycles. The number of nitrogens with zero attached hydrogens (tertiary/aromatic N) is 1. The van der Waals surface area contributed by atoms with E-state index in [-0.39, 0.29) is 0 Å². The summed E-state index contributed by atoms with van der Waals surface area (Å²) in [7, 11) is 0. The lowest BCUT2D eigenvalue weighted by Gasteiger charge is -2.09. The van der Waals surface area contributed by atoms with Gasteiger partial charge in [0.2, 0.25) is 0 Å². The van der Waals surface area contributed by atoms with Gasteiger partial charge in [0, 0.05) is 11.5 Å². The lowest BCUT2D eigenvalue weighted by atomic mass is 10.1. The molecule has 96 valence electrons. The van der Waals surface area contributed by atoms with Gasteiger partial charge in [0.25, 0.3) is 0 Å². The van der Waals surface area contributed by atoms with Gasteiger partial charge in [-0.1, -0.05) is 36.4 Å². The van der Waals surface area contributed by atoms with Crippen LogP contribution < -0.4 is 10.5 Å². The van der Waals surface area contributed by atoms with Gasteiger partial charge in [-0.05, 0) is 23.6 Å². The number of fused-ring (bicyclic) bond motifs is 1. The van der Waals surface area contributed by atoms with Crippen molar-refractivity contribution in [2.45, 2.75) is 0 Å². The van der Waals surface area contributed by atoms with Gasteiger partial charge in [-0.15, -0.1) is 0 Å². The lowest BCUT2D eigenvalue weighted by molar-refractivity contribution is 0.488. The van der Waals surface area contributed by atoms with E-state index in [1.54, 1.807) is 18.2 Å². The van der Waals surface area contributed by atoms with Gasteiger partial charge in [-0.3, -0.25) is 0 Å². The molecule has 0 fully saturated rings. The Morgan fingerprint density at radius 1 is 0.950 bits per heavy atom. The van der Waals surface area contributed by atoms with Crippen LogP contribution in [0.15, 0.2) is 60.7 Å². The van der Waals surface area contributed by atoms with E-state index >= 15 is 0 Å². The maximum absolute atomic E-state index is 8.87. The third kappa shape index (κ3) is 2.15. The van der Waals surface area contributed by atoms with E-state index in [9.17, 15) is 0 Å². The Morgan fingerprint density at radius 3 is 2.55 bits per heavy atom. The van der Waals surface area contributed by atoms with Crippen molar-refractivity contribution in [3.05, 3.63) is 66.2 Å². The minimum Gasteiger partial charge on any atom is -0.457 e. The minimum atomic E-state index is 0.422. The third-order valence-electron chi connectivity index (χ3n) is 3.12. The number of anilines is 1. The van der Waals surface area contributed by atoms with Crippen LogP contribution in [0.5, 0.6) is 11.5 Å². The first-order valence-corrected chi connectivity index (χ1v) is 6.23. The molecule has 0 aliphatic carbocycles. The zero-order chi connectivity index (χ0) is 13.9. The fourth-order valence-electron chi connectivity index (χ4n) is 2.12. The van der Waals surface area contributed by atoms with Crippen molar-refractivity contribution in [1.82, 2.24) is 0 Å². The monoisotopic (exact) mass is 260 g/mol. The number of benzene rings is 3. The molecule has 3 nitrogen and oxygen atoms in total. The maximum atomic E-state index is 8.87. The van der Waals surface area contributed by atoms with Crippen molar-refractivity contribution >= 4 is 16.5 Å². The molecule has 0 spiro atoms. The van der Waals surface area contributed by atoms with Crippen LogP contribution in [0.2, 0.25) is 0 Å². The van der Waals surface area contributed by atoms with Crippen LogP contribution in [0.4, 0.5) is 5.69 Å². The highest BCUT2D eigenvalue weighted by Crippen LogP contribution is 2.31. The van der Waals surface area contributed by atoms with E-state index in [1.165, 1.54) is 0 Å². The van der Waals surface area contributed by atoms with Gasteiger partial charge in [0.05, 0.1) is 11.3 Å². The zero-order valence-electron chi connectivity index (χ0n) is 10.7. The van der Waals surface area contributed by atoms with Crippen molar-refractivity contribution in [3.63, 3.8) is 0 Å². The van der Waals surface area contributed by atoms with Crippen molar-refractivity contribution < 1.29 is 4.74 Å². The van der Waals surface area contributed by atoms with Crippen LogP contribution >= 0.6 is 0 Å². The summed E-state index contributed by atoms with van der Waals surface area (Å²) < 4.78 is 5.88. The fourth-order valence-corrected chi connectivity index (χ4v) is 2.12.